The van der Waals surface area contributed by atoms with Gasteiger partial charge in [0, 0.05) is 0 Å². The Hall–Kier alpha value is -1.13. The Morgan fingerprint density at radius 1 is 1.28 bits per heavy atom. The summed E-state index contributed by atoms with van der Waals surface area (Å²) >= 11 is 9.41. The van der Waals surface area contributed by atoms with Gasteiger partial charge in [0.2, 0.25) is 0 Å². The van der Waals surface area contributed by atoms with Crippen LogP contribution in [0.15, 0.2) is 28.7 Å². The van der Waals surface area contributed by atoms with Crippen LogP contribution in [0.1, 0.15) is 12.6 Å². The number of aromatic nitrogens is 2. The van der Waals surface area contributed by atoms with E-state index in [0.717, 1.165) is 21.5 Å². The Balaban J connectivity index is 2.55. The minimum atomic E-state index is 0.406. The van der Waals surface area contributed by atoms with Gasteiger partial charge in [0.25, 0.3) is 0 Å². The normalized spacial score (nSPS) is 10.4. The van der Waals surface area contributed by atoms with Crippen molar-refractivity contribution in [3.8, 4) is 17.1 Å². The quantitative estimate of drug-likeness (QED) is 0.790. The number of halogens is 2. The Labute approximate surface area is 119 Å². The molecule has 0 amide bonds. The molecule has 0 radical (unpaired) electrons. The van der Waals surface area contributed by atoms with Crippen molar-refractivity contribution in [1.82, 2.24) is 9.97 Å². The highest BCUT2D eigenvalue weighted by atomic mass is 79.9. The highest BCUT2D eigenvalue weighted by Crippen LogP contribution is 2.31. The van der Waals surface area contributed by atoms with E-state index in [4.69, 9.17) is 16.3 Å². The summed E-state index contributed by atoms with van der Waals surface area (Å²) in [5.74, 6) is 1.34. The first-order chi connectivity index (χ1) is 8.63. The average Bonchev–Trinajstić information content (AvgIpc) is 2.36. The van der Waals surface area contributed by atoms with E-state index in [1.165, 1.54) is 0 Å². The van der Waals surface area contributed by atoms with Gasteiger partial charge in [0.05, 0.1) is 22.3 Å². The summed E-state index contributed by atoms with van der Waals surface area (Å²) in [6, 6.07) is 7.66. The molecule has 18 heavy (non-hydrogen) atoms. The number of para-hydroxylation sites is 1. The fourth-order valence-corrected chi connectivity index (χ4v) is 1.97. The lowest BCUT2D eigenvalue weighted by Crippen LogP contribution is -1.98. The number of nitrogens with zero attached hydrogens (tertiary/aromatic N) is 2. The predicted molar refractivity (Wildman–Crippen MR) is 76.1 cm³/mol. The molecule has 1 heterocycles. The van der Waals surface area contributed by atoms with E-state index in [0.29, 0.717) is 17.6 Å². The molecule has 0 fully saturated rings. The largest absolute Gasteiger partial charge is 0.493 e. The predicted octanol–water partition coefficient (Wildman–Crippen LogP) is 4.27. The first-order valence-electron chi connectivity index (χ1n) is 5.55. The van der Waals surface area contributed by atoms with Crippen molar-refractivity contribution in [3.05, 3.63) is 39.6 Å². The second-order valence-corrected chi connectivity index (χ2v) is 4.82. The topological polar surface area (TPSA) is 35.0 Å². The Morgan fingerprint density at radius 3 is 2.67 bits per heavy atom. The molecule has 0 atom stereocenters. The van der Waals surface area contributed by atoms with Gasteiger partial charge in [-0.3, -0.25) is 0 Å². The van der Waals surface area contributed by atoms with Gasteiger partial charge in [-0.25, -0.2) is 9.97 Å². The van der Waals surface area contributed by atoms with Crippen LogP contribution in [0, 0.1) is 6.92 Å². The zero-order valence-corrected chi connectivity index (χ0v) is 12.4. The summed E-state index contributed by atoms with van der Waals surface area (Å²) in [6.07, 6.45) is 0. The number of benzene rings is 1. The number of ether oxygens (including phenoxy) is 1. The average molecular weight is 328 g/mol. The van der Waals surface area contributed by atoms with Crippen molar-refractivity contribution in [2.45, 2.75) is 13.8 Å². The minimum Gasteiger partial charge on any atom is -0.493 e. The molecular formula is C13H12BrClN2O. The van der Waals surface area contributed by atoms with E-state index in [1.54, 1.807) is 0 Å². The lowest BCUT2D eigenvalue weighted by molar-refractivity contribution is 0.341. The van der Waals surface area contributed by atoms with Crippen LogP contribution in [0.2, 0.25) is 5.15 Å². The van der Waals surface area contributed by atoms with Crippen LogP contribution in [0.4, 0.5) is 0 Å². The van der Waals surface area contributed by atoms with Gasteiger partial charge in [0.1, 0.15) is 10.9 Å². The number of rotatable bonds is 3. The Morgan fingerprint density at radius 2 is 2.00 bits per heavy atom. The van der Waals surface area contributed by atoms with Crippen molar-refractivity contribution in [3.63, 3.8) is 0 Å². The molecule has 0 aliphatic carbocycles. The standard InChI is InChI=1S/C13H12BrClN2O/c1-3-18-10-7-5-4-6-9(10)13-16-8(2)11(14)12(15)17-13/h4-7H,3H2,1-2H3. The molecule has 2 rings (SSSR count). The van der Waals surface area contributed by atoms with Crippen LogP contribution in [-0.4, -0.2) is 16.6 Å². The molecule has 0 aliphatic rings. The highest BCUT2D eigenvalue weighted by molar-refractivity contribution is 9.10. The van der Waals surface area contributed by atoms with Crippen LogP contribution in [0.25, 0.3) is 11.4 Å². The maximum absolute atomic E-state index is 6.06. The van der Waals surface area contributed by atoms with Crippen molar-refractivity contribution >= 4 is 27.5 Å². The molecule has 1 aromatic carbocycles. The molecule has 0 aliphatic heterocycles. The first-order valence-corrected chi connectivity index (χ1v) is 6.72. The molecule has 3 nitrogen and oxygen atoms in total. The smallest absolute Gasteiger partial charge is 0.164 e. The van der Waals surface area contributed by atoms with E-state index < -0.39 is 0 Å². The number of aryl methyl sites for hydroxylation is 1. The van der Waals surface area contributed by atoms with E-state index in [1.807, 2.05) is 38.1 Å². The molecule has 0 saturated carbocycles. The summed E-state index contributed by atoms with van der Waals surface area (Å²) in [7, 11) is 0. The lowest BCUT2D eigenvalue weighted by Gasteiger charge is -2.10. The van der Waals surface area contributed by atoms with E-state index in [9.17, 15) is 0 Å². The molecule has 0 bridgehead atoms. The molecule has 0 unspecified atom stereocenters. The highest BCUT2D eigenvalue weighted by Gasteiger charge is 2.12. The fraction of sp³-hybridized carbons (Fsp3) is 0.231. The van der Waals surface area contributed by atoms with Crippen molar-refractivity contribution < 1.29 is 4.74 Å². The third-order valence-corrected chi connectivity index (χ3v) is 3.86. The first kappa shape index (κ1) is 13.3. The second kappa shape index (κ2) is 5.67. The third kappa shape index (κ3) is 2.65. The van der Waals surface area contributed by atoms with Gasteiger partial charge in [-0.2, -0.15) is 0 Å². The maximum atomic E-state index is 6.06. The molecule has 94 valence electrons. The zero-order valence-electron chi connectivity index (χ0n) is 10.1. The summed E-state index contributed by atoms with van der Waals surface area (Å²) in [5, 5.41) is 0.406. The maximum Gasteiger partial charge on any atom is 0.164 e. The molecule has 2 aromatic rings. The van der Waals surface area contributed by atoms with Crippen molar-refractivity contribution in [2.75, 3.05) is 6.61 Å². The minimum absolute atomic E-state index is 0.406. The molecule has 1 aromatic heterocycles. The zero-order chi connectivity index (χ0) is 13.1. The SMILES string of the molecule is CCOc1ccccc1-c1nc(C)c(Br)c(Cl)n1. The van der Waals surface area contributed by atoms with Gasteiger partial charge in [0.15, 0.2) is 5.82 Å². The summed E-state index contributed by atoms with van der Waals surface area (Å²) in [4.78, 5) is 8.70. The van der Waals surface area contributed by atoms with Gasteiger partial charge < -0.3 is 4.74 Å². The van der Waals surface area contributed by atoms with Gasteiger partial charge >= 0.3 is 0 Å². The van der Waals surface area contributed by atoms with Crippen LogP contribution in [0.5, 0.6) is 5.75 Å². The van der Waals surface area contributed by atoms with Crippen LogP contribution in [-0.2, 0) is 0 Å². The van der Waals surface area contributed by atoms with Crippen molar-refractivity contribution in [2.24, 2.45) is 0 Å². The fourth-order valence-electron chi connectivity index (χ4n) is 1.58. The summed E-state index contributed by atoms with van der Waals surface area (Å²) < 4.78 is 6.29. The van der Waals surface area contributed by atoms with Gasteiger partial charge in [-0.1, -0.05) is 23.7 Å². The number of hydrogen-bond acceptors (Lipinski definition) is 3. The monoisotopic (exact) mass is 326 g/mol. The number of hydrogen-bond donors (Lipinski definition) is 0. The molecule has 0 saturated heterocycles. The van der Waals surface area contributed by atoms with Crippen LogP contribution in [0.3, 0.4) is 0 Å². The van der Waals surface area contributed by atoms with E-state index in [2.05, 4.69) is 25.9 Å². The van der Waals surface area contributed by atoms with Crippen molar-refractivity contribution in [1.29, 1.82) is 0 Å². The van der Waals surface area contributed by atoms with Crippen LogP contribution < -0.4 is 4.74 Å². The molecular weight excluding hydrogens is 316 g/mol. The van der Waals surface area contributed by atoms with Gasteiger partial charge in [-0.15, -0.1) is 0 Å². The Bertz CT molecular complexity index is 552. The molecule has 0 spiro atoms. The summed E-state index contributed by atoms with van der Waals surface area (Å²) in [5.41, 5.74) is 1.65. The summed E-state index contributed by atoms with van der Waals surface area (Å²) in [6.45, 7) is 4.42. The third-order valence-electron chi connectivity index (χ3n) is 2.40. The van der Waals surface area contributed by atoms with E-state index >= 15 is 0 Å². The van der Waals surface area contributed by atoms with Gasteiger partial charge in [-0.05, 0) is 41.9 Å². The second-order valence-electron chi connectivity index (χ2n) is 3.67. The van der Waals surface area contributed by atoms with Crippen LogP contribution >= 0.6 is 27.5 Å². The molecule has 0 N–H and O–H groups in total. The Kier molecular flexibility index (Phi) is 4.19. The molecule has 5 heteroatoms. The lowest BCUT2D eigenvalue weighted by atomic mass is 10.2. The van der Waals surface area contributed by atoms with E-state index in [-0.39, 0.29) is 0 Å².